The minimum absolute atomic E-state index is 0.0143. The Hall–Kier alpha value is -1.46. The second-order valence-corrected chi connectivity index (χ2v) is 4.88. The Bertz CT molecular complexity index is 436. The highest BCUT2D eigenvalue weighted by Crippen LogP contribution is 2.18. The molecule has 2 unspecified atom stereocenters. The van der Waals surface area contributed by atoms with Gasteiger partial charge in [0.25, 0.3) is 0 Å². The average molecular weight is 263 g/mol. The zero-order chi connectivity index (χ0) is 13.7. The molecule has 19 heavy (non-hydrogen) atoms. The molecule has 0 saturated carbocycles. The van der Waals surface area contributed by atoms with Crippen LogP contribution >= 0.6 is 0 Å². The topological polar surface area (TPSA) is 63.2 Å². The van der Waals surface area contributed by atoms with E-state index in [1.165, 1.54) is 0 Å². The maximum atomic E-state index is 12.3. The number of nitrogens with zero attached hydrogens (tertiary/aromatic N) is 1. The summed E-state index contributed by atoms with van der Waals surface area (Å²) in [5.41, 5.74) is 1.79. The van der Waals surface area contributed by atoms with Crippen molar-refractivity contribution in [2.45, 2.75) is 26.3 Å². The number of hydrogen-bond acceptors (Lipinski definition) is 4. The van der Waals surface area contributed by atoms with Crippen molar-refractivity contribution in [3.63, 3.8) is 0 Å². The Labute approximate surface area is 113 Å². The Morgan fingerprint density at radius 2 is 2.37 bits per heavy atom. The van der Waals surface area contributed by atoms with E-state index in [-0.39, 0.29) is 17.9 Å². The molecule has 2 heterocycles. The van der Waals surface area contributed by atoms with Crippen molar-refractivity contribution in [3.05, 3.63) is 24.0 Å². The zero-order valence-corrected chi connectivity index (χ0v) is 11.5. The van der Waals surface area contributed by atoms with Crippen molar-refractivity contribution in [1.29, 1.82) is 0 Å². The van der Waals surface area contributed by atoms with Crippen LogP contribution in [0.4, 0.5) is 5.69 Å². The Morgan fingerprint density at radius 1 is 1.53 bits per heavy atom. The predicted octanol–water partition coefficient (Wildman–Crippen LogP) is 1.34. The van der Waals surface area contributed by atoms with Crippen LogP contribution in [0, 0.1) is 12.8 Å². The molecule has 0 bridgehead atoms. The number of rotatable bonds is 5. The lowest BCUT2D eigenvalue weighted by Gasteiger charge is -2.18. The number of amides is 1. The van der Waals surface area contributed by atoms with E-state index in [0.29, 0.717) is 13.2 Å². The van der Waals surface area contributed by atoms with E-state index in [2.05, 4.69) is 22.5 Å². The Kier molecular flexibility index (Phi) is 4.87. The van der Waals surface area contributed by atoms with Gasteiger partial charge >= 0.3 is 0 Å². The van der Waals surface area contributed by atoms with Gasteiger partial charge < -0.3 is 15.4 Å². The van der Waals surface area contributed by atoms with E-state index in [0.717, 1.165) is 24.2 Å². The molecule has 1 aromatic heterocycles. The summed E-state index contributed by atoms with van der Waals surface area (Å²) in [6, 6.07) is 1.93. The number of carbonyl (C=O) groups is 1. The van der Waals surface area contributed by atoms with Crippen molar-refractivity contribution in [2.24, 2.45) is 5.92 Å². The number of carbonyl (C=O) groups excluding carboxylic acids is 1. The van der Waals surface area contributed by atoms with Crippen LogP contribution in [0.1, 0.15) is 18.9 Å². The summed E-state index contributed by atoms with van der Waals surface area (Å²) < 4.78 is 5.42. The van der Waals surface area contributed by atoms with Gasteiger partial charge in [-0.05, 0) is 31.5 Å². The summed E-state index contributed by atoms with van der Waals surface area (Å²) >= 11 is 0. The minimum Gasteiger partial charge on any atom is -0.379 e. The molecule has 2 atom stereocenters. The molecule has 2 rings (SSSR count). The Morgan fingerprint density at radius 3 is 3.11 bits per heavy atom. The molecule has 0 radical (unpaired) electrons. The second-order valence-electron chi connectivity index (χ2n) is 4.88. The van der Waals surface area contributed by atoms with E-state index in [1.807, 2.05) is 13.0 Å². The Balaban J connectivity index is 1.97. The fourth-order valence-corrected chi connectivity index (χ4v) is 2.18. The molecule has 0 aromatic carbocycles. The lowest BCUT2D eigenvalue weighted by Crippen LogP contribution is -2.41. The summed E-state index contributed by atoms with van der Waals surface area (Å²) in [7, 11) is 0. The highest BCUT2D eigenvalue weighted by atomic mass is 16.5. The fraction of sp³-hybridized carbons (Fsp3) is 0.571. The van der Waals surface area contributed by atoms with E-state index < -0.39 is 0 Å². The quantitative estimate of drug-likeness (QED) is 0.841. The van der Waals surface area contributed by atoms with Crippen LogP contribution in [0.15, 0.2) is 18.5 Å². The van der Waals surface area contributed by atoms with Crippen LogP contribution in [0.25, 0.3) is 0 Å². The first-order chi connectivity index (χ1) is 9.22. The molecule has 2 N–H and O–H groups in total. The molecule has 1 fully saturated rings. The maximum Gasteiger partial charge on any atom is 0.231 e. The summed E-state index contributed by atoms with van der Waals surface area (Å²) in [5, 5.41) is 6.32. The van der Waals surface area contributed by atoms with Gasteiger partial charge in [0, 0.05) is 24.1 Å². The summed E-state index contributed by atoms with van der Waals surface area (Å²) in [4.78, 5) is 16.3. The number of hydrogen-bond donors (Lipinski definition) is 2. The smallest absolute Gasteiger partial charge is 0.231 e. The predicted molar refractivity (Wildman–Crippen MR) is 74.0 cm³/mol. The van der Waals surface area contributed by atoms with Crippen molar-refractivity contribution >= 4 is 11.6 Å². The number of anilines is 1. The number of nitrogens with one attached hydrogen (secondary N) is 2. The lowest BCUT2D eigenvalue weighted by molar-refractivity contribution is -0.120. The molecule has 1 aromatic rings. The molecular formula is C14H21N3O2. The number of aryl methyl sites for hydroxylation is 1. The van der Waals surface area contributed by atoms with E-state index >= 15 is 0 Å². The van der Waals surface area contributed by atoms with Gasteiger partial charge in [0.1, 0.15) is 0 Å². The maximum absolute atomic E-state index is 12.3. The molecule has 0 spiro atoms. The first kappa shape index (κ1) is 14.0. The molecule has 5 nitrogen and oxygen atoms in total. The van der Waals surface area contributed by atoms with Gasteiger partial charge in [-0.25, -0.2) is 0 Å². The molecule has 5 heteroatoms. The third-order valence-corrected chi connectivity index (χ3v) is 3.35. The minimum atomic E-state index is -0.126. The van der Waals surface area contributed by atoms with E-state index in [1.54, 1.807) is 12.4 Å². The van der Waals surface area contributed by atoms with Gasteiger partial charge in [-0.2, -0.15) is 0 Å². The molecule has 1 amide bonds. The highest BCUT2D eigenvalue weighted by Gasteiger charge is 2.33. The lowest BCUT2D eigenvalue weighted by atomic mass is 10.0. The molecular weight excluding hydrogens is 242 g/mol. The van der Waals surface area contributed by atoms with Crippen molar-refractivity contribution in [3.8, 4) is 0 Å². The number of aromatic nitrogens is 1. The largest absolute Gasteiger partial charge is 0.379 e. The first-order valence-corrected chi connectivity index (χ1v) is 6.75. The van der Waals surface area contributed by atoms with Crippen LogP contribution in [-0.4, -0.2) is 36.7 Å². The normalized spacial score (nSPS) is 22.4. The molecule has 1 aliphatic rings. The average Bonchev–Trinajstić information content (AvgIpc) is 2.87. The molecule has 0 aliphatic carbocycles. The van der Waals surface area contributed by atoms with Gasteiger partial charge in [0.15, 0.2) is 0 Å². The third kappa shape index (κ3) is 3.52. The van der Waals surface area contributed by atoms with Crippen LogP contribution in [0.5, 0.6) is 0 Å². The van der Waals surface area contributed by atoms with Gasteiger partial charge in [-0.3, -0.25) is 9.78 Å². The summed E-state index contributed by atoms with van der Waals surface area (Å²) in [6.45, 7) is 6.04. The van der Waals surface area contributed by atoms with Crippen molar-refractivity contribution < 1.29 is 9.53 Å². The van der Waals surface area contributed by atoms with Crippen molar-refractivity contribution in [1.82, 2.24) is 10.3 Å². The fourth-order valence-electron chi connectivity index (χ4n) is 2.18. The molecule has 104 valence electrons. The first-order valence-electron chi connectivity index (χ1n) is 6.75. The molecule has 1 saturated heterocycles. The van der Waals surface area contributed by atoms with Crippen LogP contribution in [0.2, 0.25) is 0 Å². The highest BCUT2D eigenvalue weighted by molar-refractivity contribution is 5.93. The van der Waals surface area contributed by atoms with Gasteiger partial charge in [0.2, 0.25) is 5.91 Å². The van der Waals surface area contributed by atoms with Crippen LogP contribution in [-0.2, 0) is 9.53 Å². The van der Waals surface area contributed by atoms with Gasteiger partial charge in [-0.15, -0.1) is 0 Å². The van der Waals surface area contributed by atoms with Gasteiger partial charge in [-0.1, -0.05) is 6.92 Å². The third-order valence-electron chi connectivity index (χ3n) is 3.35. The standard InChI is InChI=1S/C14H21N3O2/c1-3-5-16-13-9-19-8-11(13)14(18)17-12-4-6-15-7-10(12)2/h4,6-7,11,13,16H,3,5,8-9H2,1-2H3,(H,15,17,18). The SMILES string of the molecule is CCCNC1COCC1C(=O)Nc1ccncc1C. The van der Waals surface area contributed by atoms with Crippen LogP contribution < -0.4 is 10.6 Å². The number of ether oxygens (including phenoxy) is 1. The van der Waals surface area contributed by atoms with Gasteiger partial charge in [0.05, 0.1) is 19.1 Å². The summed E-state index contributed by atoms with van der Waals surface area (Å²) in [5.74, 6) is -0.112. The van der Waals surface area contributed by atoms with Crippen LogP contribution in [0.3, 0.4) is 0 Å². The second kappa shape index (κ2) is 6.63. The summed E-state index contributed by atoms with van der Waals surface area (Å²) in [6.07, 6.45) is 4.47. The van der Waals surface area contributed by atoms with Crippen molar-refractivity contribution in [2.75, 3.05) is 25.1 Å². The zero-order valence-electron chi connectivity index (χ0n) is 11.5. The monoisotopic (exact) mass is 263 g/mol. The molecule has 1 aliphatic heterocycles. The van der Waals surface area contributed by atoms with E-state index in [4.69, 9.17) is 4.74 Å². The van der Waals surface area contributed by atoms with E-state index in [9.17, 15) is 4.79 Å². The number of pyridine rings is 1.